The normalized spacial score (nSPS) is 18.4. The molecule has 0 unspecified atom stereocenters. The largest absolute Gasteiger partial charge is 0.338 e. The molecule has 0 atom stereocenters. The summed E-state index contributed by atoms with van der Waals surface area (Å²) in [7, 11) is 0. The van der Waals surface area contributed by atoms with Crippen molar-refractivity contribution in [3.8, 4) is 0 Å². The Balaban J connectivity index is 1.34. The molecular weight excluding hydrogens is 302 g/mol. The van der Waals surface area contributed by atoms with Gasteiger partial charge in [-0.2, -0.15) is 0 Å². The van der Waals surface area contributed by atoms with Gasteiger partial charge in [-0.25, -0.2) is 9.97 Å². The lowest BCUT2D eigenvalue weighted by molar-refractivity contribution is -0.130. The first-order valence-electron chi connectivity index (χ1n) is 9.01. The second-order valence-electron chi connectivity index (χ2n) is 6.45. The molecule has 0 saturated carbocycles. The van der Waals surface area contributed by atoms with Gasteiger partial charge in [0.2, 0.25) is 11.9 Å². The molecule has 1 aromatic heterocycles. The fraction of sp³-hybridized carbons (Fsp3) is 0.611. The minimum absolute atomic E-state index is 0.196. The minimum Gasteiger partial charge on any atom is -0.338 e. The van der Waals surface area contributed by atoms with Crippen LogP contribution in [0, 0.1) is 0 Å². The van der Waals surface area contributed by atoms with Crippen LogP contribution in [-0.4, -0.2) is 60.0 Å². The second kappa shape index (κ2) is 8.78. The third-order valence-corrected chi connectivity index (χ3v) is 4.75. The van der Waals surface area contributed by atoms with Crippen molar-refractivity contribution in [2.45, 2.75) is 32.1 Å². The van der Waals surface area contributed by atoms with Gasteiger partial charge in [-0.15, -0.1) is 0 Å². The molecule has 130 valence electrons. The highest BCUT2D eigenvalue weighted by atomic mass is 16.2. The Kier molecular flexibility index (Phi) is 6.18. The summed E-state index contributed by atoms with van der Waals surface area (Å²) in [4.78, 5) is 24.9. The number of nitrogens with zero attached hydrogens (tertiary/aromatic N) is 4. The third-order valence-electron chi connectivity index (χ3n) is 4.75. The fourth-order valence-electron chi connectivity index (χ4n) is 3.30. The summed E-state index contributed by atoms with van der Waals surface area (Å²) in [5, 5.41) is 3.30. The molecule has 24 heavy (non-hydrogen) atoms. The van der Waals surface area contributed by atoms with E-state index in [2.05, 4.69) is 26.3 Å². The number of hydrogen-bond donors (Lipinski definition) is 1. The summed E-state index contributed by atoms with van der Waals surface area (Å²) in [5.74, 6) is 0.949. The molecule has 1 saturated heterocycles. The Bertz CT molecular complexity index is 552. The lowest BCUT2D eigenvalue weighted by Gasteiger charge is -2.34. The molecule has 1 amide bonds. The summed E-state index contributed by atoms with van der Waals surface area (Å²) in [6.45, 7) is 4.41. The quantitative estimate of drug-likeness (QED) is 0.634. The van der Waals surface area contributed by atoms with E-state index >= 15 is 0 Å². The van der Waals surface area contributed by atoms with Crippen LogP contribution in [0.1, 0.15) is 32.1 Å². The van der Waals surface area contributed by atoms with Crippen molar-refractivity contribution < 1.29 is 4.79 Å². The van der Waals surface area contributed by atoms with Crippen LogP contribution in [0.2, 0.25) is 0 Å². The van der Waals surface area contributed by atoms with Crippen molar-refractivity contribution in [3.05, 3.63) is 30.1 Å². The van der Waals surface area contributed by atoms with Crippen molar-refractivity contribution in [1.29, 1.82) is 0 Å². The fourth-order valence-corrected chi connectivity index (χ4v) is 3.30. The van der Waals surface area contributed by atoms with Crippen LogP contribution in [0.5, 0.6) is 0 Å². The van der Waals surface area contributed by atoms with Crippen molar-refractivity contribution >= 4 is 11.9 Å². The third kappa shape index (κ3) is 4.77. The van der Waals surface area contributed by atoms with E-state index < -0.39 is 0 Å². The van der Waals surface area contributed by atoms with Gasteiger partial charge in [0, 0.05) is 38.6 Å². The summed E-state index contributed by atoms with van der Waals surface area (Å²) in [6.07, 6.45) is 12.1. The van der Waals surface area contributed by atoms with Crippen LogP contribution in [0.3, 0.4) is 0 Å². The number of piperazine rings is 1. The van der Waals surface area contributed by atoms with Gasteiger partial charge in [-0.1, -0.05) is 11.6 Å². The van der Waals surface area contributed by atoms with E-state index in [1.807, 2.05) is 11.0 Å². The predicted octanol–water partition coefficient (Wildman–Crippen LogP) is 1.61. The highest BCUT2D eigenvalue weighted by Gasteiger charge is 2.21. The van der Waals surface area contributed by atoms with Gasteiger partial charge < -0.3 is 15.1 Å². The molecule has 0 spiro atoms. The molecule has 1 fully saturated rings. The maximum atomic E-state index is 12.3. The lowest BCUT2D eigenvalue weighted by atomic mass is 9.97. The highest BCUT2D eigenvalue weighted by molar-refractivity contribution is 5.78. The van der Waals surface area contributed by atoms with E-state index in [0.717, 1.165) is 45.1 Å². The zero-order chi connectivity index (χ0) is 16.6. The molecule has 0 bridgehead atoms. The Morgan fingerprint density at radius 3 is 2.62 bits per heavy atom. The van der Waals surface area contributed by atoms with Gasteiger partial charge in [0.25, 0.3) is 0 Å². The molecule has 6 heteroatoms. The molecule has 1 aromatic rings. The first kappa shape index (κ1) is 16.9. The number of aromatic nitrogens is 2. The average Bonchev–Trinajstić information content (AvgIpc) is 2.67. The van der Waals surface area contributed by atoms with E-state index in [-0.39, 0.29) is 5.91 Å². The van der Waals surface area contributed by atoms with E-state index in [4.69, 9.17) is 0 Å². The Hall–Kier alpha value is -1.95. The van der Waals surface area contributed by atoms with Crippen molar-refractivity contribution in [2.75, 3.05) is 44.2 Å². The van der Waals surface area contributed by atoms with Crippen LogP contribution >= 0.6 is 0 Å². The van der Waals surface area contributed by atoms with Crippen LogP contribution < -0.4 is 10.2 Å². The molecule has 0 aromatic carbocycles. The SMILES string of the molecule is O=C(CNCCC1=CCCCC1)N1CCN(c2ncccn2)CC1. The Morgan fingerprint density at radius 1 is 1.12 bits per heavy atom. The average molecular weight is 329 g/mol. The molecule has 6 nitrogen and oxygen atoms in total. The van der Waals surface area contributed by atoms with Crippen molar-refractivity contribution in [3.63, 3.8) is 0 Å². The molecule has 3 rings (SSSR count). The van der Waals surface area contributed by atoms with E-state index in [1.54, 1.807) is 18.0 Å². The number of carbonyl (C=O) groups excluding carboxylic acids is 1. The standard InChI is InChI=1S/C18H27N5O/c24-17(15-19-10-7-16-5-2-1-3-6-16)22-11-13-23(14-12-22)18-20-8-4-9-21-18/h4-5,8-9,19H,1-3,6-7,10-15H2. The lowest BCUT2D eigenvalue weighted by Crippen LogP contribution is -2.51. The van der Waals surface area contributed by atoms with Gasteiger partial charge in [0.1, 0.15) is 0 Å². The molecular formula is C18H27N5O. The first-order chi connectivity index (χ1) is 11.8. The summed E-state index contributed by atoms with van der Waals surface area (Å²) >= 11 is 0. The monoisotopic (exact) mass is 329 g/mol. The second-order valence-corrected chi connectivity index (χ2v) is 6.45. The number of nitrogens with one attached hydrogen (secondary N) is 1. The van der Waals surface area contributed by atoms with Crippen LogP contribution in [0.4, 0.5) is 5.95 Å². The number of rotatable bonds is 6. The molecule has 2 heterocycles. The minimum atomic E-state index is 0.196. The Labute approximate surface area is 144 Å². The van der Waals surface area contributed by atoms with Crippen LogP contribution in [0.25, 0.3) is 0 Å². The number of allylic oxidation sites excluding steroid dienone is 1. The number of hydrogen-bond acceptors (Lipinski definition) is 5. The summed E-state index contributed by atoms with van der Waals surface area (Å²) < 4.78 is 0. The Morgan fingerprint density at radius 2 is 1.92 bits per heavy atom. The summed E-state index contributed by atoms with van der Waals surface area (Å²) in [6, 6.07) is 1.82. The predicted molar refractivity (Wildman–Crippen MR) is 94.9 cm³/mol. The number of carbonyl (C=O) groups is 1. The van der Waals surface area contributed by atoms with E-state index in [9.17, 15) is 4.79 Å². The van der Waals surface area contributed by atoms with Gasteiger partial charge in [-0.3, -0.25) is 4.79 Å². The van der Waals surface area contributed by atoms with Gasteiger partial charge in [-0.05, 0) is 44.7 Å². The zero-order valence-electron chi connectivity index (χ0n) is 14.3. The van der Waals surface area contributed by atoms with E-state index in [0.29, 0.717) is 6.54 Å². The van der Waals surface area contributed by atoms with Gasteiger partial charge in [0.15, 0.2) is 0 Å². The topological polar surface area (TPSA) is 61.4 Å². The van der Waals surface area contributed by atoms with Gasteiger partial charge >= 0.3 is 0 Å². The molecule has 1 aliphatic carbocycles. The first-order valence-corrected chi connectivity index (χ1v) is 9.01. The molecule has 0 radical (unpaired) electrons. The maximum absolute atomic E-state index is 12.3. The van der Waals surface area contributed by atoms with Crippen LogP contribution in [0.15, 0.2) is 30.1 Å². The summed E-state index contributed by atoms with van der Waals surface area (Å²) in [5.41, 5.74) is 1.55. The highest BCUT2D eigenvalue weighted by Crippen LogP contribution is 2.19. The molecule has 1 aliphatic heterocycles. The number of anilines is 1. The smallest absolute Gasteiger partial charge is 0.236 e. The van der Waals surface area contributed by atoms with Gasteiger partial charge in [0.05, 0.1) is 6.54 Å². The van der Waals surface area contributed by atoms with Crippen LogP contribution in [-0.2, 0) is 4.79 Å². The van der Waals surface area contributed by atoms with Crippen molar-refractivity contribution in [1.82, 2.24) is 20.2 Å². The van der Waals surface area contributed by atoms with E-state index in [1.165, 1.54) is 25.7 Å². The zero-order valence-corrected chi connectivity index (χ0v) is 14.3. The number of amides is 1. The molecule has 2 aliphatic rings. The van der Waals surface area contributed by atoms with Crippen molar-refractivity contribution in [2.24, 2.45) is 0 Å². The maximum Gasteiger partial charge on any atom is 0.236 e. The molecule has 1 N–H and O–H groups in total.